The standard InChI is InChI=1S/C21H24N2O3S/c1-14(2)11-19(24)22-16-6-4-5-15(12-16)21-23(20(25)13-27-21)17-7-9-18(26-3)10-8-17/h4-10,12,14,21H,11,13H2,1-3H3,(H,22,24)/t21-/m1/s1. The molecule has 1 aliphatic rings. The van der Waals surface area contributed by atoms with Gasteiger partial charge in [0.25, 0.3) is 0 Å². The molecule has 3 rings (SSSR count). The van der Waals surface area contributed by atoms with Gasteiger partial charge in [0.1, 0.15) is 11.1 Å². The number of carbonyl (C=O) groups is 2. The number of carbonyl (C=O) groups excluding carboxylic acids is 2. The zero-order chi connectivity index (χ0) is 19.4. The average Bonchev–Trinajstić information content (AvgIpc) is 3.03. The lowest BCUT2D eigenvalue weighted by molar-refractivity contribution is -0.117. The van der Waals surface area contributed by atoms with E-state index in [4.69, 9.17) is 4.74 Å². The van der Waals surface area contributed by atoms with Gasteiger partial charge >= 0.3 is 0 Å². The molecule has 0 unspecified atom stereocenters. The van der Waals surface area contributed by atoms with Crippen LogP contribution in [0.4, 0.5) is 11.4 Å². The van der Waals surface area contributed by atoms with Gasteiger partial charge in [0, 0.05) is 17.8 Å². The molecule has 1 atom stereocenters. The van der Waals surface area contributed by atoms with Crippen LogP contribution in [0.3, 0.4) is 0 Å². The van der Waals surface area contributed by atoms with E-state index in [1.54, 1.807) is 23.8 Å². The smallest absolute Gasteiger partial charge is 0.238 e. The third-order valence-corrected chi connectivity index (χ3v) is 5.48. The maximum Gasteiger partial charge on any atom is 0.238 e. The molecule has 1 saturated heterocycles. The lowest BCUT2D eigenvalue weighted by Crippen LogP contribution is -2.27. The van der Waals surface area contributed by atoms with Crippen LogP contribution in [0.15, 0.2) is 48.5 Å². The lowest BCUT2D eigenvalue weighted by Gasteiger charge is -2.25. The predicted octanol–water partition coefficient (Wildman–Crippen LogP) is 4.46. The van der Waals surface area contributed by atoms with Crippen LogP contribution in [0.5, 0.6) is 5.75 Å². The van der Waals surface area contributed by atoms with Crippen molar-refractivity contribution in [3.63, 3.8) is 0 Å². The zero-order valence-corrected chi connectivity index (χ0v) is 16.6. The Labute approximate surface area is 164 Å². The number of ether oxygens (including phenoxy) is 1. The van der Waals surface area contributed by atoms with Crippen molar-refractivity contribution >= 4 is 35.0 Å². The maximum atomic E-state index is 12.5. The highest BCUT2D eigenvalue weighted by Crippen LogP contribution is 2.42. The molecule has 0 radical (unpaired) electrons. The van der Waals surface area contributed by atoms with E-state index in [9.17, 15) is 9.59 Å². The van der Waals surface area contributed by atoms with E-state index in [0.29, 0.717) is 18.1 Å². The normalized spacial score (nSPS) is 16.7. The molecule has 1 heterocycles. The minimum Gasteiger partial charge on any atom is -0.497 e. The first-order valence-electron chi connectivity index (χ1n) is 8.95. The summed E-state index contributed by atoms with van der Waals surface area (Å²) in [6.45, 7) is 4.03. The Kier molecular flexibility index (Phi) is 6.06. The molecule has 0 aliphatic carbocycles. The van der Waals surface area contributed by atoms with Crippen molar-refractivity contribution in [3.8, 4) is 5.75 Å². The Morgan fingerprint density at radius 3 is 2.67 bits per heavy atom. The molecule has 2 aromatic rings. The molecule has 0 saturated carbocycles. The van der Waals surface area contributed by atoms with E-state index in [1.807, 2.05) is 62.4 Å². The molecule has 2 aromatic carbocycles. The van der Waals surface area contributed by atoms with Gasteiger partial charge in [0.2, 0.25) is 11.8 Å². The molecular formula is C21H24N2O3S. The Hall–Kier alpha value is -2.47. The number of benzene rings is 2. The fraction of sp³-hybridized carbons (Fsp3) is 0.333. The molecule has 6 heteroatoms. The Morgan fingerprint density at radius 1 is 1.26 bits per heavy atom. The van der Waals surface area contributed by atoms with Gasteiger partial charge in [-0.2, -0.15) is 0 Å². The molecule has 1 fully saturated rings. The van der Waals surface area contributed by atoms with Crippen molar-refractivity contribution in [1.29, 1.82) is 0 Å². The van der Waals surface area contributed by atoms with Crippen molar-refractivity contribution < 1.29 is 14.3 Å². The van der Waals surface area contributed by atoms with E-state index < -0.39 is 0 Å². The van der Waals surface area contributed by atoms with Gasteiger partial charge in [0.05, 0.1) is 12.9 Å². The Morgan fingerprint density at radius 2 is 2.00 bits per heavy atom. The number of rotatable bonds is 6. The van der Waals surface area contributed by atoms with Crippen LogP contribution < -0.4 is 15.0 Å². The highest BCUT2D eigenvalue weighted by molar-refractivity contribution is 8.00. The summed E-state index contributed by atoms with van der Waals surface area (Å²) in [5.41, 5.74) is 2.59. The van der Waals surface area contributed by atoms with Gasteiger partial charge in [0.15, 0.2) is 0 Å². The molecule has 0 bridgehead atoms. The predicted molar refractivity (Wildman–Crippen MR) is 110 cm³/mol. The molecule has 5 nitrogen and oxygen atoms in total. The number of hydrogen-bond donors (Lipinski definition) is 1. The highest BCUT2D eigenvalue weighted by Gasteiger charge is 2.34. The van der Waals surface area contributed by atoms with Crippen LogP contribution in [-0.2, 0) is 9.59 Å². The fourth-order valence-corrected chi connectivity index (χ4v) is 4.21. The number of hydrogen-bond acceptors (Lipinski definition) is 4. The van der Waals surface area contributed by atoms with E-state index >= 15 is 0 Å². The SMILES string of the molecule is COc1ccc(N2C(=O)CS[C@@H]2c2cccc(NC(=O)CC(C)C)c2)cc1. The van der Waals surface area contributed by atoms with Crippen LogP contribution in [-0.4, -0.2) is 24.7 Å². The quantitative estimate of drug-likeness (QED) is 0.799. The molecule has 27 heavy (non-hydrogen) atoms. The van der Waals surface area contributed by atoms with E-state index in [2.05, 4.69) is 5.32 Å². The molecular weight excluding hydrogens is 360 g/mol. The van der Waals surface area contributed by atoms with Gasteiger partial charge in [-0.1, -0.05) is 26.0 Å². The first-order valence-corrected chi connectivity index (χ1v) is 10.0. The fourth-order valence-electron chi connectivity index (χ4n) is 3.05. The first-order chi connectivity index (χ1) is 13.0. The lowest BCUT2D eigenvalue weighted by atomic mass is 10.1. The number of methoxy groups -OCH3 is 1. The van der Waals surface area contributed by atoms with Gasteiger partial charge in [-0.25, -0.2) is 0 Å². The summed E-state index contributed by atoms with van der Waals surface area (Å²) < 4.78 is 5.20. The van der Waals surface area contributed by atoms with Crippen LogP contribution in [0.1, 0.15) is 31.2 Å². The summed E-state index contributed by atoms with van der Waals surface area (Å²) in [5, 5.41) is 2.83. The number of nitrogens with zero attached hydrogens (tertiary/aromatic N) is 1. The van der Waals surface area contributed by atoms with E-state index in [0.717, 1.165) is 22.7 Å². The van der Waals surface area contributed by atoms with Crippen LogP contribution in [0.25, 0.3) is 0 Å². The minimum atomic E-state index is -0.118. The number of anilines is 2. The Bertz CT molecular complexity index is 820. The van der Waals surface area contributed by atoms with Crippen LogP contribution in [0.2, 0.25) is 0 Å². The summed E-state index contributed by atoms with van der Waals surface area (Å²) in [7, 11) is 1.62. The molecule has 142 valence electrons. The second kappa shape index (κ2) is 8.48. The summed E-state index contributed by atoms with van der Waals surface area (Å²) in [4.78, 5) is 26.4. The van der Waals surface area contributed by atoms with Gasteiger partial charge < -0.3 is 10.1 Å². The Balaban J connectivity index is 1.82. The van der Waals surface area contributed by atoms with E-state index in [1.165, 1.54) is 0 Å². The molecule has 0 spiro atoms. The van der Waals surface area contributed by atoms with Crippen LogP contribution >= 0.6 is 11.8 Å². The monoisotopic (exact) mass is 384 g/mol. The third kappa shape index (κ3) is 4.63. The highest BCUT2D eigenvalue weighted by atomic mass is 32.2. The number of nitrogens with one attached hydrogen (secondary N) is 1. The first kappa shape index (κ1) is 19.3. The topological polar surface area (TPSA) is 58.6 Å². The van der Waals surface area contributed by atoms with Gasteiger partial charge in [-0.05, 0) is 47.9 Å². The van der Waals surface area contributed by atoms with Crippen molar-refractivity contribution in [2.75, 3.05) is 23.1 Å². The second-order valence-electron chi connectivity index (χ2n) is 6.90. The van der Waals surface area contributed by atoms with Crippen molar-refractivity contribution in [1.82, 2.24) is 0 Å². The van der Waals surface area contributed by atoms with Gasteiger partial charge in [-0.3, -0.25) is 14.5 Å². The minimum absolute atomic E-state index is 0.00399. The third-order valence-electron chi connectivity index (χ3n) is 4.27. The van der Waals surface area contributed by atoms with Crippen LogP contribution in [0, 0.1) is 5.92 Å². The summed E-state index contributed by atoms with van der Waals surface area (Å²) in [6.07, 6.45) is 0.485. The largest absolute Gasteiger partial charge is 0.497 e. The number of thioether (sulfide) groups is 1. The molecule has 2 amide bonds. The molecule has 1 aliphatic heterocycles. The summed E-state index contributed by atoms with van der Waals surface area (Å²) in [5.74, 6) is 1.57. The maximum absolute atomic E-state index is 12.5. The van der Waals surface area contributed by atoms with Gasteiger partial charge in [-0.15, -0.1) is 11.8 Å². The summed E-state index contributed by atoms with van der Waals surface area (Å²) in [6, 6.07) is 15.2. The van der Waals surface area contributed by atoms with E-state index in [-0.39, 0.29) is 17.2 Å². The number of amides is 2. The zero-order valence-electron chi connectivity index (χ0n) is 15.8. The summed E-state index contributed by atoms with van der Waals surface area (Å²) >= 11 is 1.59. The second-order valence-corrected chi connectivity index (χ2v) is 7.97. The molecule has 0 aromatic heterocycles. The van der Waals surface area contributed by atoms with Crippen molar-refractivity contribution in [3.05, 3.63) is 54.1 Å². The molecule has 1 N–H and O–H groups in total. The average molecular weight is 385 g/mol. The van der Waals surface area contributed by atoms with Crippen molar-refractivity contribution in [2.45, 2.75) is 25.6 Å². The van der Waals surface area contributed by atoms with Crippen molar-refractivity contribution in [2.24, 2.45) is 5.92 Å².